The molecule has 0 saturated carbocycles. The molecule has 1 aliphatic carbocycles. The number of hydrogen-bond donors (Lipinski definition) is 0. The van der Waals surface area contributed by atoms with Gasteiger partial charge < -0.3 is 0 Å². The summed E-state index contributed by atoms with van der Waals surface area (Å²) in [6, 6.07) is 0. The van der Waals surface area contributed by atoms with Gasteiger partial charge in [-0.2, -0.15) is 0 Å². The standard InChI is InChI=1S/C8H9O.3CO.Mn/c1-6-4-3-5-8(6)7(2)9;3*1-2;/h3-5H,1-2H3;;;;. The second-order valence-corrected chi connectivity index (χ2v) is 2.18. The summed E-state index contributed by atoms with van der Waals surface area (Å²) in [5.41, 5.74) is 1.91. The molecule has 0 heterocycles. The van der Waals surface area contributed by atoms with Gasteiger partial charge in [-0.05, 0) is 19.4 Å². The molecule has 84 valence electrons. The molecule has 0 spiro atoms. The van der Waals surface area contributed by atoms with Crippen LogP contribution in [0.25, 0.3) is 0 Å². The molecule has 0 aromatic carbocycles. The van der Waals surface area contributed by atoms with Crippen molar-refractivity contribution in [2.45, 2.75) is 13.8 Å². The average molecular weight is 260 g/mol. The number of carbonyl (C=O) groups is 1. The first-order chi connectivity index (χ1) is 7.22. The van der Waals surface area contributed by atoms with Gasteiger partial charge >= 0.3 is 33.9 Å². The maximum absolute atomic E-state index is 10.7. The van der Waals surface area contributed by atoms with Gasteiger partial charge in [0.2, 0.25) is 0 Å². The maximum Gasteiger partial charge on any atom is 0 e. The van der Waals surface area contributed by atoms with E-state index in [0.717, 1.165) is 11.1 Å². The number of allylic oxidation sites excluding steroid dienone is 4. The fraction of sp³-hybridized carbons (Fsp3) is 0.182. The Balaban J connectivity index is -0.0000000900. The Kier molecular flexibility index (Phi) is 29.5. The van der Waals surface area contributed by atoms with Gasteiger partial charge in [-0.3, -0.25) is 4.79 Å². The van der Waals surface area contributed by atoms with E-state index in [4.69, 9.17) is 14.0 Å². The van der Waals surface area contributed by atoms with Crippen molar-refractivity contribution in [1.82, 2.24) is 0 Å². The van der Waals surface area contributed by atoms with Crippen molar-refractivity contribution in [3.8, 4) is 0 Å². The third-order valence-corrected chi connectivity index (χ3v) is 1.41. The van der Waals surface area contributed by atoms with E-state index in [1.54, 1.807) is 6.92 Å². The van der Waals surface area contributed by atoms with E-state index in [1.165, 1.54) is 0 Å². The minimum Gasteiger partial charge on any atom is 0 e. The van der Waals surface area contributed by atoms with Crippen molar-refractivity contribution in [2.75, 3.05) is 0 Å². The Hall–Kier alpha value is -1.11. The monoisotopic (exact) mass is 260 g/mol. The Morgan fingerprint density at radius 3 is 1.62 bits per heavy atom. The molecule has 0 aromatic rings. The molecular formula is C11H9MnO4. The number of hydrogen-bond acceptors (Lipinski definition) is 1. The topological polar surface area (TPSA) is 76.8 Å². The SMILES string of the molecule is CC(=O)C1=C(C)C=C[CH]1.[C-]#[O+].[C-]#[O+].[C-]#[O+].[Mn]. The average Bonchev–Trinajstić information content (AvgIpc) is 2.73. The van der Waals surface area contributed by atoms with Crippen molar-refractivity contribution in [3.05, 3.63) is 49.7 Å². The number of Topliss-reactive ketones (excluding diaryl/α,β-unsaturated/α-hetero) is 1. The normalized spacial score (nSPS) is 10.0. The van der Waals surface area contributed by atoms with Crippen LogP contribution in [0.2, 0.25) is 0 Å². The van der Waals surface area contributed by atoms with E-state index < -0.39 is 0 Å². The van der Waals surface area contributed by atoms with Gasteiger partial charge in [0.05, 0.1) is 0 Å². The molecule has 4 nitrogen and oxygen atoms in total. The molecule has 0 bridgehead atoms. The zero-order valence-electron chi connectivity index (χ0n) is 8.74. The van der Waals surface area contributed by atoms with Gasteiger partial charge in [0.15, 0.2) is 5.78 Å². The smallest absolute Gasteiger partial charge is 0 e. The van der Waals surface area contributed by atoms with Crippen molar-refractivity contribution in [2.24, 2.45) is 0 Å². The van der Waals surface area contributed by atoms with Crippen LogP contribution in [0.4, 0.5) is 0 Å². The molecule has 1 aliphatic rings. The van der Waals surface area contributed by atoms with Gasteiger partial charge in [-0.1, -0.05) is 12.2 Å². The Morgan fingerprint density at radius 1 is 1.12 bits per heavy atom. The summed E-state index contributed by atoms with van der Waals surface area (Å²) >= 11 is 0. The molecule has 0 N–H and O–H groups in total. The second kappa shape index (κ2) is 19.5. The summed E-state index contributed by atoms with van der Waals surface area (Å²) in [4.78, 5) is 10.7. The van der Waals surface area contributed by atoms with Gasteiger partial charge in [0.25, 0.3) is 0 Å². The minimum absolute atomic E-state index is 0. The van der Waals surface area contributed by atoms with Crippen LogP contribution in [-0.4, -0.2) is 5.78 Å². The fourth-order valence-corrected chi connectivity index (χ4v) is 0.905. The molecule has 0 fully saturated rings. The summed E-state index contributed by atoms with van der Waals surface area (Å²) in [7, 11) is 0. The van der Waals surface area contributed by atoms with Crippen molar-refractivity contribution < 1.29 is 35.8 Å². The van der Waals surface area contributed by atoms with Gasteiger partial charge in [0, 0.05) is 29.1 Å². The summed E-state index contributed by atoms with van der Waals surface area (Å²) in [5.74, 6) is 0.150. The second-order valence-electron chi connectivity index (χ2n) is 2.18. The van der Waals surface area contributed by atoms with Crippen LogP contribution in [0.3, 0.4) is 0 Å². The summed E-state index contributed by atoms with van der Waals surface area (Å²) in [5, 5.41) is 0. The van der Waals surface area contributed by atoms with Crippen LogP contribution in [0, 0.1) is 26.4 Å². The van der Waals surface area contributed by atoms with Crippen LogP contribution in [0.15, 0.2) is 23.3 Å². The molecule has 0 saturated heterocycles. The molecule has 0 unspecified atom stereocenters. The molecule has 1 rings (SSSR count). The minimum atomic E-state index is 0. The molecular weight excluding hydrogens is 251 g/mol. The van der Waals surface area contributed by atoms with Gasteiger partial charge in [-0.15, -0.1) is 0 Å². The Bertz CT molecular complexity index is 293. The zero-order chi connectivity index (χ0) is 12.9. The summed E-state index contributed by atoms with van der Waals surface area (Å²) < 4.78 is 22.5. The first kappa shape index (κ1) is 24.2. The molecule has 0 amide bonds. The van der Waals surface area contributed by atoms with E-state index in [-0.39, 0.29) is 22.9 Å². The summed E-state index contributed by atoms with van der Waals surface area (Å²) in [6.07, 6.45) is 5.68. The number of carbonyl (C=O) groups excluding carboxylic acids is 1. The quantitative estimate of drug-likeness (QED) is 0.400. The first-order valence-corrected chi connectivity index (χ1v) is 3.56. The molecule has 0 aliphatic heterocycles. The third-order valence-electron chi connectivity index (χ3n) is 1.41. The fourth-order valence-electron chi connectivity index (χ4n) is 0.905. The van der Waals surface area contributed by atoms with Gasteiger partial charge in [0.1, 0.15) is 0 Å². The van der Waals surface area contributed by atoms with Crippen LogP contribution < -0.4 is 0 Å². The predicted molar refractivity (Wildman–Crippen MR) is 48.6 cm³/mol. The Labute approximate surface area is 105 Å². The van der Waals surface area contributed by atoms with Crippen LogP contribution in [-0.2, 0) is 35.8 Å². The molecule has 0 atom stereocenters. The number of rotatable bonds is 1. The van der Waals surface area contributed by atoms with Crippen molar-refractivity contribution in [3.63, 3.8) is 0 Å². The van der Waals surface area contributed by atoms with E-state index >= 15 is 0 Å². The molecule has 16 heavy (non-hydrogen) atoms. The van der Waals surface area contributed by atoms with Crippen LogP contribution in [0.1, 0.15) is 13.8 Å². The predicted octanol–water partition coefficient (Wildman–Crippen LogP) is 1.55. The van der Waals surface area contributed by atoms with E-state index in [2.05, 4.69) is 20.0 Å². The number of ketones is 1. The van der Waals surface area contributed by atoms with Crippen molar-refractivity contribution in [1.29, 1.82) is 0 Å². The molecule has 0 aromatic heterocycles. The van der Waals surface area contributed by atoms with E-state index in [9.17, 15) is 4.79 Å². The molecule has 2 radical (unpaired) electrons. The molecule has 5 heteroatoms. The zero-order valence-corrected chi connectivity index (χ0v) is 9.92. The maximum atomic E-state index is 10.7. The van der Waals surface area contributed by atoms with Crippen molar-refractivity contribution >= 4 is 5.78 Å². The van der Waals surface area contributed by atoms with Crippen LogP contribution in [0.5, 0.6) is 0 Å². The first-order valence-electron chi connectivity index (χ1n) is 3.56. The Morgan fingerprint density at radius 2 is 1.50 bits per heavy atom. The van der Waals surface area contributed by atoms with E-state index in [1.807, 2.05) is 25.5 Å². The summed E-state index contributed by atoms with van der Waals surface area (Å²) in [6.45, 7) is 17.0. The van der Waals surface area contributed by atoms with Crippen LogP contribution >= 0.6 is 0 Å². The third kappa shape index (κ3) is 11.0. The van der Waals surface area contributed by atoms with E-state index in [0.29, 0.717) is 0 Å². The van der Waals surface area contributed by atoms with Gasteiger partial charge in [-0.25, -0.2) is 0 Å². The largest absolute Gasteiger partial charge is 0 e.